The zero-order valence-corrected chi connectivity index (χ0v) is 12.9. The van der Waals surface area contributed by atoms with Gasteiger partial charge in [0.1, 0.15) is 5.75 Å². The highest BCUT2D eigenvalue weighted by atomic mass is 32.2. The summed E-state index contributed by atoms with van der Waals surface area (Å²) in [6, 6.07) is 6.69. The molecule has 0 unspecified atom stereocenters. The van der Waals surface area contributed by atoms with Gasteiger partial charge in [-0.05, 0) is 30.7 Å². The summed E-state index contributed by atoms with van der Waals surface area (Å²) >= 11 is 0.918. The van der Waals surface area contributed by atoms with Crippen LogP contribution < -0.4 is 14.7 Å². The molecule has 0 aliphatic carbocycles. The molecule has 6 nitrogen and oxygen atoms in total. The van der Waals surface area contributed by atoms with E-state index in [4.69, 9.17) is 4.74 Å². The normalized spacial score (nSPS) is 17.9. The van der Waals surface area contributed by atoms with E-state index in [9.17, 15) is 19.5 Å². The molecule has 1 fully saturated rings. The van der Waals surface area contributed by atoms with Gasteiger partial charge in [0, 0.05) is 12.2 Å². The monoisotopic (exact) mass is 322 g/mol. The molecule has 1 saturated heterocycles. The summed E-state index contributed by atoms with van der Waals surface area (Å²) in [4.78, 5) is 35.8. The first-order valence-corrected chi connectivity index (χ1v) is 7.99. The molecule has 0 bridgehead atoms. The first-order valence-electron chi connectivity index (χ1n) is 6.94. The van der Waals surface area contributed by atoms with Gasteiger partial charge in [0.15, 0.2) is 0 Å². The van der Waals surface area contributed by atoms with Crippen molar-refractivity contribution in [2.24, 2.45) is 0 Å². The molecule has 0 radical (unpaired) electrons. The molecule has 2 rings (SSSR count). The fourth-order valence-corrected chi connectivity index (χ4v) is 2.93. The number of nitrogens with zero attached hydrogens (tertiary/aromatic N) is 1. The summed E-state index contributed by atoms with van der Waals surface area (Å²) in [5.41, 5.74) is 0.468. The van der Waals surface area contributed by atoms with Crippen LogP contribution in [0.15, 0.2) is 24.3 Å². The van der Waals surface area contributed by atoms with Gasteiger partial charge in [0.2, 0.25) is 11.8 Å². The standard InChI is InChI=1S/C15H17NO5S/c1-2-7-21-11-5-3-10(4-6-11)16-13(17)8-12(15(16)20)22-9-14(18)19/h3-6,12H,2,7-9H2,1H3,(H,18,19)/p-1/t12-/m0/s1. The summed E-state index contributed by atoms with van der Waals surface area (Å²) in [6.07, 6.45) is 0.896. The SMILES string of the molecule is CCCOc1ccc(N2C(=O)C[C@H](SCC(=O)[O-])C2=O)cc1. The molecule has 1 heterocycles. The van der Waals surface area contributed by atoms with Crippen molar-refractivity contribution >= 4 is 35.2 Å². The minimum atomic E-state index is -1.25. The Morgan fingerprint density at radius 1 is 1.36 bits per heavy atom. The molecule has 0 saturated carbocycles. The molecule has 1 aromatic rings. The number of carbonyl (C=O) groups excluding carboxylic acids is 3. The van der Waals surface area contributed by atoms with Gasteiger partial charge in [0.05, 0.1) is 23.5 Å². The fraction of sp³-hybridized carbons (Fsp3) is 0.400. The van der Waals surface area contributed by atoms with Crippen LogP contribution in [0.25, 0.3) is 0 Å². The topological polar surface area (TPSA) is 86.7 Å². The number of amides is 2. The van der Waals surface area contributed by atoms with Crippen LogP contribution in [-0.2, 0) is 14.4 Å². The number of hydrogen-bond acceptors (Lipinski definition) is 6. The lowest BCUT2D eigenvalue weighted by molar-refractivity contribution is -0.301. The molecule has 0 N–H and O–H groups in total. The highest BCUT2D eigenvalue weighted by Gasteiger charge is 2.39. The van der Waals surface area contributed by atoms with E-state index >= 15 is 0 Å². The van der Waals surface area contributed by atoms with Crippen LogP contribution in [0.4, 0.5) is 5.69 Å². The highest BCUT2D eigenvalue weighted by molar-refractivity contribution is 8.01. The second-order valence-electron chi connectivity index (χ2n) is 4.79. The molecular weight excluding hydrogens is 306 g/mol. The van der Waals surface area contributed by atoms with Crippen LogP contribution in [0.1, 0.15) is 19.8 Å². The molecular formula is C15H16NO5S-. The number of thioether (sulfide) groups is 1. The number of hydrogen-bond donors (Lipinski definition) is 0. The smallest absolute Gasteiger partial charge is 0.247 e. The zero-order chi connectivity index (χ0) is 16.1. The number of ether oxygens (including phenoxy) is 1. The molecule has 118 valence electrons. The van der Waals surface area contributed by atoms with Crippen LogP contribution in [-0.4, -0.2) is 35.4 Å². The first kappa shape index (κ1) is 16.4. The van der Waals surface area contributed by atoms with Crippen LogP contribution in [0.3, 0.4) is 0 Å². The van der Waals surface area contributed by atoms with E-state index in [-0.39, 0.29) is 18.1 Å². The number of imide groups is 1. The molecule has 1 aliphatic rings. The van der Waals surface area contributed by atoms with Crippen molar-refractivity contribution in [3.05, 3.63) is 24.3 Å². The Morgan fingerprint density at radius 2 is 2.05 bits per heavy atom. The quantitative estimate of drug-likeness (QED) is 0.683. The Kier molecular flexibility index (Phi) is 5.43. The summed E-state index contributed by atoms with van der Waals surface area (Å²) in [7, 11) is 0. The third-order valence-electron chi connectivity index (χ3n) is 3.08. The summed E-state index contributed by atoms with van der Waals surface area (Å²) in [6.45, 7) is 2.60. The summed E-state index contributed by atoms with van der Waals surface area (Å²) in [5.74, 6) is -1.60. The molecule has 7 heteroatoms. The number of carbonyl (C=O) groups is 3. The molecule has 1 aromatic carbocycles. The van der Waals surface area contributed by atoms with E-state index < -0.39 is 17.1 Å². The average Bonchev–Trinajstić information content (AvgIpc) is 2.78. The average molecular weight is 322 g/mol. The number of rotatable bonds is 7. The predicted octanol–water partition coefficient (Wildman–Crippen LogP) is 0.590. The second kappa shape index (κ2) is 7.31. The van der Waals surface area contributed by atoms with Crippen molar-refractivity contribution in [3.8, 4) is 5.75 Å². The number of anilines is 1. The van der Waals surface area contributed by atoms with Crippen molar-refractivity contribution in [3.63, 3.8) is 0 Å². The molecule has 22 heavy (non-hydrogen) atoms. The summed E-state index contributed by atoms with van der Waals surface area (Å²) < 4.78 is 5.45. The van der Waals surface area contributed by atoms with Gasteiger partial charge < -0.3 is 14.6 Å². The first-order chi connectivity index (χ1) is 10.5. The van der Waals surface area contributed by atoms with Gasteiger partial charge in [-0.2, -0.15) is 0 Å². The lowest BCUT2D eigenvalue weighted by Gasteiger charge is -2.15. The Morgan fingerprint density at radius 3 is 2.64 bits per heavy atom. The second-order valence-corrected chi connectivity index (χ2v) is 5.98. The molecule has 0 spiro atoms. The number of aliphatic carboxylic acids is 1. The van der Waals surface area contributed by atoms with Crippen LogP contribution in [0, 0.1) is 0 Å². The predicted molar refractivity (Wildman–Crippen MR) is 80.6 cm³/mol. The van der Waals surface area contributed by atoms with Crippen molar-refractivity contribution < 1.29 is 24.2 Å². The summed E-state index contributed by atoms with van der Waals surface area (Å²) in [5, 5.41) is 9.80. The van der Waals surface area contributed by atoms with Gasteiger partial charge in [-0.1, -0.05) is 6.92 Å². The van der Waals surface area contributed by atoms with Crippen molar-refractivity contribution in [2.75, 3.05) is 17.3 Å². The van der Waals surface area contributed by atoms with Gasteiger partial charge in [-0.3, -0.25) is 9.59 Å². The molecule has 2 amide bonds. The Balaban J connectivity index is 2.06. The lowest BCUT2D eigenvalue weighted by atomic mass is 10.3. The van der Waals surface area contributed by atoms with E-state index in [1.165, 1.54) is 0 Å². The van der Waals surface area contributed by atoms with E-state index in [1.54, 1.807) is 24.3 Å². The Labute approximate surface area is 132 Å². The van der Waals surface area contributed by atoms with Gasteiger partial charge in [-0.25, -0.2) is 4.90 Å². The molecule has 1 atom stereocenters. The van der Waals surface area contributed by atoms with Crippen LogP contribution >= 0.6 is 11.8 Å². The minimum Gasteiger partial charge on any atom is -0.549 e. The van der Waals surface area contributed by atoms with Gasteiger partial charge in [-0.15, -0.1) is 11.8 Å². The zero-order valence-electron chi connectivity index (χ0n) is 12.1. The number of carboxylic acids is 1. The van der Waals surface area contributed by atoms with Crippen molar-refractivity contribution in [2.45, 2.75) is 25.0 Å². The third-order valence-corrected chi connectivity index (χ3v) is 4.25. The van der Waals surface area contributed by atoms with Crippen molar-refractivity contribution in [1.82, 2.24) is 0 Å². The highest BCUT2D eigenvalue weighted by Crippen LogP contribution is 2.30. The van der Waals surface area contributed by atoms with Crippen molar-refractivity contribution in [1.29, 1.82) is 0 Å². The maximum Gasteiger partial charge on any atom is 0.247 e. The maximum atomic E-state index is 12.2. The third kappa shape index (κ3) is 3.79. The van der Waals surface area contributed by atoms with E-state index in [1.807, 2.05) is 6.92 Å². The van der Waals surface area contributed by atoms with E-state index in [0.717, 1.165) is 23.1 Å². The number of benzene rings is 1. The van der Waals surface area contributed by atoms with E-state index in [0.29, 0.717) is 18.0 Å². The fourth-order valence-electron chi connectivity index (χ4n) is 2.09. The largest absolute Gasteiger partial charge is 0.549 e. The Hall–Kier alpha value is -2.02. The maximum absolute atomic E-state index is 12.2. The van der Waals surface area contributed by atoms with Gasteiger partial charge in [0.25, 0.3) is 0 Å². The molecule has 1 aliphatic heterocycles. The molecule has 0 aromatic heterocycles. The van der Waals surface area contributed by atoms with Crippen LogP contribution in [0.2, 0.25) is 0 Å². The van der Waals surface area contributed by atoms with E-state index in [2.05, 4.69) is 0 Å². The number of carboxylic acid groups (broad SMARTS) is 1. The van der Waals surface area contributed by atoms with Crippen LogP contribution in [0.5, 0.6) is 5.75 Å². The Bertz CT molecular complexity index is 572. The van der Waals surface area contributed by atoms with Gasteiger partial charge >= 0.3 is 0 Å². The lowest BCUT2D eigenvalue weighted by Crippen LogP contribution is -2.32. The minimum absolute atomic E-state index is 0.00483.